The van der Waals surface area contributed by atoms with Crippen molar-refractivity contribution < 1.29 is 14.7 Å². The van der Waals surface area contributed by atoms with Gasteiger partial charge in [0.25, 0.3) is 0 Å². The van der Waals surface area contributed by atoms with Gasteiger partial charge in [-0.25, -0.2) is 4.79 Å². The average Bonchev–Trinajstić information content (AvgIpc) is 2.53. The summed E-state index contributed by atoms with van der Waals surface area (Å²) in [4.78, 5) is 13.1. The van der Waals surface area contributed by atoms with Gasteiger partial charge in [0.15, 0.2) is 0 Å². The molecule has 2 amide bonds. The average molecular weight is 222 g/mol. The second kappa shape index (κ2) is 4.02. The highest BCUT2D eigenvalue weighted by Crippen LogP contribution is 2.29. The van der Waals surface area contributed by atoms with E-state index >= 15 is 0 Å². The number of rotatable bonds is 3. The second-order valence-corrected chi connectivity index (χ2v) is 3.72. The van der Waals surface area contributed by atoms with Crippen LogP contribution in [-0.4, -0.2) is 47.4 Å². The van der Waals surface area contributed by atoms with Gasteiger partial charge in [-0.1, -0.05) is 18.7 Å². The molecule has 0 aromatic rings. The Balaban J connectivity index is 2.31. The van der Waals surface area contributed by atoms with E-state index in [0.29, 0.717) is 13.1 Å². The van der Waals surface area contributed by atoms with Gasteiger partial charge in [-0.05, 0) is 5.57 Å². The molecule has 1 fully saturated rings. The van der Waals surface area contributed by atoms with Crippen LogP contribution in [0.15, 0.2) is 36.1 Å². The molecule has 1 unspecified atom stereocenters. The summed E-state index contributed by atoms with van der Waals surface area (Å²) in [5.41, 5.74) is 1.67. The quantitative estimate of drug-likeness (QED) is 0.442. The van der Waals surface area contributed by atoms with E-state index in [-0.39, 0.29) is 12.1 Å². The maximum atomic E-state index is 11.5. The van der Waals surface area contributed by atoms with Crippen LogP contribution in [0.1, 0.15) is 0 Å². The topological polar surface area (TPSA) is 53.0 Å². The summed E-state index contributed by atoms with van der Waals surface area (Å²) in [5.74, 6) is 0. The molecule has 0 aromatic carbocycles. The lowest BCUT2D eigenvalue weighted by atomic mass is 9.97. The van der Waals surface area contributed by atoms with Crippen LogP contribution >= 0.6 is 0 Å². The molecular formula is C11H14N2O3. The number of hydrogen-bond acceptors (Lipinski definition) is 3. The van der Waals surface area contributed by atoms with E-state index in [2.05, 4.69) is 6.58 Å². The van der Waals surface area contributed by atoms with Crippen LogP contribution in [-0.2, 0) is 4.74 Å². The Kier molecular flexibility index (Phi) is 2.70. The van der Waals surface area contributed by atoms with Crippen LogP contribution in [0.4, 0.5) is 4.79 Å². The first-order valence-corrected chi connectivity index (χ1v) is 5.02. The van der Waals surface area contributed by atoms with Crippen molar-refractivity contribution in [1.82, 2.24) is 9.96 Å². The zero-order chi connectivity index (χ0) is 11.7. The Morgan fingerprint density at radius 1 is 1.75 bits per heavy atom. The summed E-state index contributed by atoms with van der Waals surface area (Å²) in [7, 11) is 1.55. The van der Waals surface area contributed by atoms with E-state index in [1.54, 1.807) is 24.3 Å². The lowest BCUT2D eigenvalue weighted by molar-refractivity contribution is -0.0472. The van der Waals surface area contributed by atoms with Gasteiger partial charge in [-0.15, -0.1) is 0 Å². The normalized spacial score (nSPS) is 24.6. The van der Waals surface area contributed by atoms with Gasteiger partial charge in [0.2, 0.25) is 0 Å². The standard InChI is InChI=1S/C11H14N2O3/c1-3-8(7-16-2)9-4-5-12-6-10(9)13(15)11(12)14/h3-4,7,10,15H,1,5-6H2,2H3/b8-7+. The summed E-state index contributed by atoms with van der Waals surface area (Å²) in [6, 6.07) is -0.669. The van der Waals surface area contributed by atoms with Crippen LogP contribution < -0.4 is 0 Å². The van der Waals surface area contributed by atoms with Crippen molar-refractivity contribution in [3.63, 3.8) is 0 Å². The van der Waals surface area contributed by atoms with Gasteiger partial charge >= 0.3 is 6.03 Å². The zero-order valence-electron chi connectivity index (χ0n) is 9.09. The predicted octanol–water partition coefficient (Wildman–Crippen LogP) is 1.14. The monoisotopic (exact) mass is 222 g/mol. The third-order valence-corrected chi connectivity index (χ3v) is 2.84. The molecule has 2 aliphatic heterocycles. The number of fused-ring (bicyclic) bond motifs is 2. The summed E-state index contributed by atoms with van der Waals surface area (Å²) in [6.45, 7) is 4.71. The molecule has 0 aromatic heterocycles. The molecule has 86 valence electrons. The van der Waals surface area contributed by atoms with Crippen LogP contribution in [0, 0.1) is 0 Å². The van der Waals surface area contributed by atoms with Crippen molar-refractivity contribution in [2.24, 2.45) is 0 Å². The lowest BCUT2D eigenvalue weighted by Gasteiger charge is -2.22. The van der Waals surface area contributed by atoms with E-state index in [1.807, 2.05) is 6.08 Å². The Labute approximate surface area is 93.9 Å². The number of urea groups is 1. The molecule has 1 atom stereocenters. The SMILES string of the molecule is C=C/C(=C\OC)C1=CCN2CC1N(O)C2=O. The minimum atomic E-state index is -0.350. The fourth-order valence-electron chi connectivity index (χ4n) is 2.04. The Morgan fingerprint density at radius 3 is 3.12 bits per heavy atom. The summed E-state index contributed by atoms with van der Waals surface area (Å²) in [5, 5.41) is 10.4. The molecule has 2 aliphatic rings. The first kappa shape index (κ1) is 10.8. The first-order valence-electron chi connectivity index (χ1n) is 5.02. The van der Waals surface area contributed by atoms with Crippen molar-refractivity contribution in [1.29, 1.82) is 0 Å². The van der Waals surface area contributed by atoms with Crippen LogP contribution in [0.3, 0.4) is 0 Å². The highest BCUT2D eigenvalue weighted by molar-refractivity contribution is 5.78. The van der Waals surface area contributed by atoms with Crippen molar-refractivity contribution in [2.45, 2.75) is 6.04 Å². The Bertz CT molecular complexity index is 387. The van der Waals surface area contributed by atoms with E-state index in [0.717, 1.165) is 16.2 Å². The second-order valence-electron chi connectivity index (χ2n) is 3.72. The highest BCUT2D eigenvalue weighted by atomic mass is 16.5. The largest absolute Gasteiger partial charge is 0.504 e. The number of hydrogen-bond donors (Lipinski definition) is 1. The lowest BCUT2D eigenvalue weighted by Crippen LogP contribution is -2.32. The van der Waals surface area contributed by atoms with Crippen LogP contribution in [0.25, 0.3) is 0 Å². The first-order chi connectivity index (χ1) is 7.69. The number of hydroxylamine groups is 2. The van der Waals surface area contributed by atoms with Gasteiger partial charge in [0.05, 0.1) is 19.9 Å². The molecule has 0 radical (unpaired) electrons. The van der Waals surface area contributed by atoms with Gasteiger partial charge in [-0.2, -0.15) is 5.06 Å². The number of allylic oxidation sites excluding steroid dienone is 1. The molecule has 1 N–H and O–H groups in total. The summed E-state index contributed by atoms with van der Waals surface area (Å²) >= 11 is 0. The number of carbonyl (C=O) groups excluding carboxylic acids is 1. The fourth-order valence-corrected chi connectivity index (χ4v) is 2.04. The van der Waals surface area contributed by atoms with Crippen molar-refractivity contribution in [3.8, 4) is 0 Å². The summed E-state index contributed by atoms with van der Waals surface area (Å²) in [6.07, 6.45) is 5.13. The number of ether oxygens (including phenoxy) is 1. The fraction of sp³-hybridized carbons (Fsp3) is 0.364. The molecule has 0 aliphatic carbocycles. The van der Waals surface area contributed by atoms with Crippen LogP contribution in [0.2, 0.25) is 0 Å². The van der Waals surface area contributed by atoms with Crippen molar-refractivity contribution >= 4 is 6.03 Å². The molecule has 16 heavy (non-hydrogen) atoms. The minimum Gasteiger partial charge on any atom is -0.504 e. The molecule has 5 nitrogen and oxygen atoms in total. The number of nitrogens with zero attached hydrogens (tertiary/aromatic N) is 2. The number of amides is 2. The number of methoxy groups -OCH3 is 1. The molecular weight excluding hydrogens is 208 g/mol. The van der Waals surface area contributed by atoms with Gasteiger partial charge in [0, 0.05) is 12.1 Å². The molecule has 2 bridgehead atoms. The van der Waals surface area contributed by atoms with Gasteiger partial charge in [-0.3, -0.25) is 5.21 Å². The van der Waals surface area contributed by atoms with Crippen LogP contribution in [0.5, 0.6) is 0 Å². The maximum Gasteiger partial charge on any atom is 0.344 e. The molecule has 1 saturated heterocycles. The Morgan fingerprint density at radius 2 is 2.50 bits per heavy atom. The van der Waals surface area contributed by atoms with E-state index in [9.17, 15) is 10.0 Å². The smallest absolute Gasteiger partial charge is 0.344 e. The molecule has 2 rings (SSSR count). The third-order valence-electron chi connectivity index (χ3n) is 2.84. The third kappa shape index (κ3) is 1.49. The van der Waals surface area contributed by atoms with E-state index < -0.39 is 0 Å². The van der Waals surface area contributed by atoms with Crippen molar-refractivity contribution in [2.75, 3.05) is 20.2 Å². The molecule has 0 saturated carbocycles. The van der Waals surface area contributed by atoms with E-state index in [4.69, 9.17) is 4.74 Å². The van der Waals surface area contributed by atoms with Gasteiger partial charge in [0.1, 0.15) is 6.04 Å². The zero-order valence-corrected chi connectivity index (χ0v) is 9.09. The van der Waals surface area contributed by atoms with Gasteiger partial charge < -0.3 is 9.64 Å². The highest BCUT2D eigenvalue weighted by Gasteiger charge is 2.41. The summed E-state index contributed by atoms with van der Waals surface area (Å²) < 4.78 is 4.94. The Hall–Kier alpha value is -1.75. The van der Waals surface area contributed by atoms with E-state index in [1.165, 1.54) is 0 Å². The number of carbonyl (C=O) groups is 1. The molecule has 0 spiro atoms. The predicted molar refractivity (Wildman–Crippen MR) is 57.8 cm³/mol. The molecule has 5 heteroatoms. The maximum absolute atomic E-state index is 11.5. The van der Waals surface area contributed by atoms with Crippen molar-refractivity contribution in [3.05, 3.63) is 36.1 Å². The minimum absolute atomic E-state index is 0.319. The molecule has 2 heterocycles.